The molecule has 0 radical (unpaired) electrons. The summed E-state index contributed by atoms with van der Waals surface area (Å²) in [6.07, 6.45) is 5.20. The lowest BCUT2D eigenvalue weighted by Gasteiger charge is -2.46. The third-order valence-corrected chi connectivity index (χ3v) is 5.17. The first kappa shape index (κ1) is 21.5. The number of carbonyl (C=O) groups is 2. The average molecular weight is 405 g/mol. The molecule has 0 bridgehead atoms. The maximum atomic E-state index is 12.9. The van der Waals surface area contributed by atoms with Crippen molar-refractivity contribution in [3.8, 4) is 0 Å². The fraction of sp³-hybridized carbons (Fsp3) is 0.250. The van der Waals surface area contributed by atoms with Crippen LogP contribution < -0.4 is 22.1 Å². The largest absolute Gasteiger partial charge is 0.327 e. The molecular formula is C24H28N4O2. The zero-order valence-electron chi connectivity index (χ0n) is 17.5. The summed E-state index contributed by atoms with van der Waals surface area (Å²) in [6.45, 7) is 6.11. The Kier molecular flexibility index (Phi) is 5.65. The van der Waals surface area contributed by atoms with Crippen molar-refractivity contribution in [3.05, 3.63) is 95.6 Å². The Morgan fingerprint density at radius 1 is 0.767 bits per heavy atom. The Labute approximate surface area is 177 Å². The van der Waals surface area contributed by atoms with Crippen molar-refractivity contribution < 1.29 is 9.59 Å². The lowest BCUT2D eigenvalue weighted by molar-refractivity contribution is 0.0800. The number of carbonyl (C=O) groups excluding carboxylic acids is 2. The normalized spacial score (nSPS) is 23.4. The van der Waals surface area contributed by atoms with E-state index in [2.05, 4.69) is 10.6 Å². The van der Waals surface area contributed by atoms with Crippen LogP contribution in [0.4, 0.5) is 0 Å². The monoisotopic (exact) mass is 404 g/mol. The summed E-state index contributed by atoms with van der Waals surface area (Å²) in [5.74, 6) is -0.777. The smallest absolute Gasteiger partial charge is 0.253 e. The zero-order valence-corrected chi connectivity index (χ0v) is 17.5. The van der Waals surface area contributed by atoms with Gasteiger partial charge in [0.25, 0.3) is 11.8 Å². The van der Waals surface area contributed by atoms with Gasteiger partial charge in [-0.25, -0.2) is 0 Å². The number of hydrogen-bond acceptors (Lipinski definition) is 4. The summed E-state index contributed by atoms with van der Waals surface area (Å²) in [6, 6.07) is 17.4. The van der Waals surface area contributed by atoms with E-state index >= 15 is 0 Å². The molecule has 2 aromatic carbocycles. The van der Waals surface area contributed by atoms with Crippen LogP contribution in [-0.4, -0.2) is 23.1 Å². The van der Waals surface area contributed by atoms with Gasteiger partial charge in [0.1, 0.15) is 11.3 Å². The first-order valence-electron chi connectivity index (χ1n) is 9.79. The maximum absolute atomic E-state index is 12.9. The minimum absolute atomic E-state index is 0.233. The van der Waals surface area contributed by atoms with Crippen LogP contribution in [0.1, 0.15) is 41.5 Å². The first-order chi connectivity index (χ1) is 14.0. The van der Waals surface area contributed by atoms with E-state index in [1.807, 2.05) is 39.0 Å². The summed E-state index contributed by atoms with van der Waals surface area (Å²) >= 11 is 0. The van der Waals surface area contributed by atoms with Crippen molar-refractivity contribution in [2.45, 2.75) is 32.1 Å². The second-order valence-electron chi connectivity index (χ2n) is 8.56. The van der Waals surface area contributed by atoms with Crippen molar-refractivity contribution in [1.82, 2.24) is 10.6 Å². The molecule has 0 saturated carbocycles. The molecule has 0 spiro atoms. The molecule has 6 N–H and O–H groups in total. The van der Waals surface area contributed by atoms with E-state index in [-0.39, 0.29) is 17.2 Å². The molecule has 2 aromatic rings. The number of amides is 2. The van der Waals surface area contributed by atoms with Gasteiger partial charge in [-0.3, -0.25) is 9.59 Å². The Morgan fingerprint density at radius 3 is 1.63 bits per heavy atom. The van der Waals surface area contributed by atoms with Crippen molar-refractivity contribution in [2.75, 3.05) is 0 Å². The third-order valence-electron chi connectivity index (χ3n) is 5.17. The van der Waals surface area contributed by atoms with Crippen molar-refractivity contribution in [3.63, 3.8) is 0 Å². The van der Waals surface area contributed by atoms with Gasteiger partial charge in [-0.1, -0.05) is 63.2 Å². The number of nitrogens with two attached hydrogens (primary N) is 2. The lowest BCUT2D eigenvalue weighted by atomic mass is 9.77. The molecule has 0 fully saturated rings. The van der Waals surface area contributed by atoms with Gasteiger partial charge in [-0.2, -0.15) is 0 Å². The summed E-state index contributed by atoms with van der Waals surface area (Å²) in [5, 5.41) is 5.63. The standard InChI is InChI=1S/C24H28N4O2/c1-22(2,3)19-14-15-23(25,27-20(29)17-10-6-4-7-11-17)24(26,16-19)28-21(30)18-12-8-5-9-13-18/h4-16H,25-26H2,1-3H3,(H,27,29)(H,28,30). The van der Waals surface area contributed by atoms with E-state index in [0.29, 0.717) is 11.1 Å². The SMILES string of the molecule is CC(C)(C)C1=CC(N)(NC(=O)c2ccccc2)C(N)(NC(=O)c2ccccc2)C=C1. The molecular weight excluding hydrogens is 376 g/mol. The molecule has 0 saturated heterocycles. The van der Waals surface area contributed by atoms with Gasteiger partial charge in [0, 0.05) is 11.1 Å². The topological polar surface area (TPSA) is 110 Å². The first-order valence-corrected chi connectivity index (χ1v) is 9.79. The van der Waals surface area contributed by atoms with Gasteiger partial charge >= 0.3 is 0 Å². The summed E-state index contributed by atoms with van der Waals surface area (Å²) in [4.78, 5) is 25.7. The number of allylic oxidation sites excluding steroid dienone is 2. The molecule has 1 aliphatic rings. The van der Waals surface area contributed by atoms with E-state index in [9.17, 15) is 9.59 Å². The highest BCUT2D eigenvalue weighted by atomic mass is 16.2. The molecule has 0 aliphatic heterocycles. The Balaban J connectivity index is 1.98. The second kappa shape index (κ2) is 7.89. The highest BCUT2D eigenvalue weighted by Gasteiger charge is 2.48. The van der Waals surface area contributed by atoms with Crippen molar-refractivity contribution >= 4 is 11.8 Å². The van der Waals surface area contributed by atoms with Crippen molar-refractivity contribution in [1.29, 1.82) is 0 Å². The van der Waals surface area contributed by atoms with Crippen LogP contribution in [-0.2, 0) is 0 Å². The van der Waals surface area contributed by atoms with E-state index in [1.54, 1.807) is 60.7 Å². The van der Waals surface area contributed by atoms with E-state index in [1.165, 1.54) is 0 Å². The summed E-state index contributed by atoms with van der Waals surface area (Å²) in [7, 11) is 0. The number of benzene rings is 2. The molecule has 3 rings (SSSR count). The van der Waals surface area contributed by atoms with E-state index < -0.39 is 11.3 Å². The summed E-state index contributed by atoms with van der Waals surface area (Å²) in [5.41, 5.74) is 11.7. The van der Waals surface area contributed by atoms with Gasteiger partial charge < -0.3 is 22.1 Å². The molecule has 0 aromatic heterocycles. The van der Waals surface area contributed by atoms with Crippen LogP contribution in [0.25, 0.3) is 0 Å². The predicted molar refractivity (Wildman–Crippen MR) is 118 cm³/mol. The van der Waals surface area contributed by atoms with Gasteiger partial charge in [0.15, 0.2) is 0 Å². The minimum atomic E-state index is -1.55. The van der Waals surface area contributed by atoms with Gasteiger partial charge in [0.2, 0.25) is 0 Å². The molecule has 30 heavy (non-hydrogen) atoms. The van der Waals surface area contributed by atoms with Gasteiger partial charge in [-0.05, 0) is 47.4 Å². The summed E-state index contributed by atoms with van der Waals surface area (Å²) < 4.78 is 0. The van der Waals surface area contributed by atoms with Crippen LogP contribution in [0, 0.1) is 5.41 Å². The van der Waals surface area contributed by atoms with Crippen LogP contribution in [0.5, 0.6) is 0 Å². The molecule has 2 atom stereocenters. The average Bonchev–Trinajstić information content (AvgIpc) is 2.70. The minimum Gasteiger partial charge on any atom is -0.327 e. The van der Waals surface area contributed by atoms with Gasteiger partial charge in [-0.15, -0.1) is 0 Å². The van der Waals surface area contributed by atoms with E-state index in [4.69, 9.17) is 11.5 Å². The van der Waals surface area contributed by atoms with Gasteiger partial charge in [0.05, 0.1) is 0 Å². The Hall–Kier alpha value is -3.22. The fourth-order valence-corrected chi connectivity index (χ4v) is 3.22. The predicted octanol–water partition coefficient (Wildman–Crippen LogP) is 2.70. The second-order valence-corrected chi connectivity index (χ2v) is 8.56. The molecule has 6 heteroatoms. The number of rotatable bonds is 4. The third kappa shape index (κ3) is 4.35. The quantitative estimate of drug-likeness (QED) is 0.587. The van der Waals surface area contributed by atoms with Crippen molar-refractivity contribution in [2.24, 2.45) is 16.9 Å². The molecule has 2 amide bonds. The van der Waals surface area contributed by atoms with Crippen LogP contribution in [0.15, 0.2) is 84.5 Å². The molecule has 6 nitrogen and oxygen atoms in total. The number of hydrogen-bond donors (Lipinski definition) is 4. The van der Waals surface area contributed by atoms with E-state index in [0.717, 1.165) is 5.57 Å². The molecule has 0 heterocycles. The fourth-order valence-electron chi connectivity index (χ4n) is 3.22. The highest BCUT2D eigenvalue weighted by molar-refractivity contribution is 5.96. The zero-order chi connectivity index (χ0) is 22.0. The molecule has 156 valence electrons. The molecule has 1 aliphatic carbocycles. The Bertz CT molecular complexity index is 993. The van der Waals surface area contributed by atoms with Crippen LogP contribution >= 0.6 is 0 Å². The van der Waals surface area contributed by atoms with Crippen LogP contribution in [0.3, 0.4) is 0 Å². The molecule has 2 unspecified atom stereocenters. The van der Waals surface area contributed by atoms with Crippen LogP contribution in [0.2, 0.25) is 0 Å². The Morgan fingerprint density at radius 2 is 1.20 bits per heavy atom. The lowest BCUT2D eigenvalue weighted by Crippen LogP contribution is -2.79. The highest BCUT2D eigenvalue weighted by Crippen LogP contribution is 2.34. The maximum Gasteiger partial charge on any atom is 0.253 e. The number of nitrogens with one attached hydrogen (secondary N) is 2.